The topological polar surface area (TPSA) is 125 Å². The van der Waals surface area contributed by atoms with Gasteiger partial charge in [0, 0.05) is 23.9 Å². The molecule has 1 fully saturated rings. The average molecular weight is 440 g/mol. The van der Waals surface area contributed by atoms with Gasteiger partial charge in [-0.25, -0.2) is 4.98 Å². The zero-order chi connectivity index (χ0) is 21.4. The third-order valence-electron chi connectivity index (χ3n) is 5.79. The van der Waals surface area contributed by atoms with Crippen molar-refractivity contribution in [1.82, 2.24) is 30.4 Å². The van der Waals surface area contributed by atoms with Crippen molar-refractivity contribution in [2.75, 3.05) is 22.1 Å². The molecule has 0 spiro atoms. The fourth-order valence-electron chi connectivity index (χ4n) is 4.16. The molecule has 31 heavy (non-hydrogen) atoms. The molecular formula is C20H25N9OS. The van der Waals surface area contributed by atoms with Gasteiger partial charge >= 0.3 is 0 Å². The van der Waals surface area contributed by atoms with Crippen molar-refractivity contribution in [2.45, 2.75) is 57.9 Å². The van der Waals surface area contributed by atoms with E-state index in [0.29, 0.717) is 17.0 Å². The second-order valence-corrected chi connectivity index (χ2v) is 9.06. The summed E-state index contributed by atoms with van der Waals surface area (Å²) in [4.78, 5) is 24.6. The summed E-state index contributed by atoms with van der Waals surface area (Å²) < 4.78 is 0. The lowest BCUT2D eigenvalue weighted by Crippen LogP contribution is -2.40. The van der Waals surface area contributed by atoms with Crippen molar-refractivity contribution in [3.05, 3.63) is 28.5 Å². The van der Waals surface area contributed by atoms with Crippen LogP contribution in [0, 0.1) is 0 Å². The highest BCUT2D eigenvalue weighted by Crippen LogP contribution is 2.33. The van der Waals surface area contributed by atoms with Gasteiger partial charge in [-0.3, -0.25) is 15.2 Å². The number of amides is 1. The molecule has 5 rings (SSSR count). The van der Waals surface area contributed by atoms with Gasteiger partial charge < -0.3 is 10.2 Å². The molecule has 1 aliphatic heterocycles. The van der Waals surface area contributed by atoms with Crippen LogP contribution in [0.3, 0.4) is 0 Å². The number of nitrogens with zero attached hydrogens (tertiary/aromatic N) is 6. The fourth-order valence-corrected chi connectivity index (χ4v) is 4.61. The molecule has 1 unspecified atom stereocenters. The van der Waals surface area contributed by atoms with Crippen LogP contribution in [0.1, 0.15) is 56.0 Å². The summed E-state index contributed by atoms with van der Waals surface area (Å²) in [6.45, 7) is 4.99. The molecule has 1 amide bonds. The number of rotatable bonds is 6. The van der Waals surface area contributed by atoms with Crippen LogP contribution in [0.4, 0.5) is 22.7 Å². The number of H-pyrrole nitrogens is 1. The van der Waals surface area contributed by atoms with Crippen LogP contribution in [0.5, 0.6) is 0 Å². The number of nitrogens with one attached hydrogen (secondary N) is 3. The Morgan fingerprint density at radius 2 is 2.19 bits per heavy atom. The number of aromatic nitrogens is 6. The smallest absolute Gasteiger partial charge is 0.249 e. The molecule has 4 heterocycles. The highest BCUT2D eigenvalue weighted by Gasteiger charge is 2.34. The fraction of sp³-hybridized carbons (Fsp3) is 0.500. The van der Waals surface area contributed by atoms with E-state index >= 15 is 0 Å². The average Bonchev–Trinajstić information content (AvgIpc) is 3.53. The van der Waals surface area contributed by atoms with Crippen molar-refractivity contribution >= 4 is 40.0 Å². The maximum absolute atomic E-state index is 12.9. The van der Waals surface area contributed by atoms with E-state index in [1.54, 1.807) is 5.51 Å². The summed E-state index contributed by atoms with van der Waals surface area (Å²) in [5, 5.41) is 21.9. The van der Waals surface area contributed by atoms with Gasteiger partial charge in [0.2, 0.25) is 17.0 Å². The Labute approximate surface area is 183 Å². The summed E-state index contributed by atoms with van der Waals surface area (Å²) >= 11 is 1.31. The van der Waals surface area contributed by atoms with Crippen LogP contribution in [-0.4, -0.2) is 48.9 Å². The van der Waals surface area contributed by atoms with Gasteiger partial charge in [0.1, 0.15) is 17.4 Å². The van der Waals surface area contributed by atoms with Crippen LogP contribution in [0.15, 0.2) is 11.6 Å². The maximum atomic E-state index is 12.9. The van der Waals surface area contributed by atoms with Crippen molar-refractivity contribution < 1.29 is 4.79 Å². The van der Waals surface area contributed by atoms with E-state index < -0.39 is 0 Å². The summed E-state index contributed by atoms with van der Waals surface area (Å²) in [7, 11) is 0. The second kappa shape index (κ2) is 8.22. The molecule has 0 saturated carbocycles. The van der Waals surface area contributed by atoms with E-state index in [-0.39, 0.29) is 11.9 Å². The lowest BCUT2D eigenvalue weighted by molar-refractivity contribution is -0.117. The Morgan fingerprint density at radius 3 is 2.97 bits per heavy atom. The van der Waals surface area contributed by atoms with E-state index in [2.05, 4.69) is 44.9 Å². The largest absolute Gasteiger partial charge is 0.329 e. The van der Waals surface area contributed by atoms with Crippen LogP contribution in [0.2, 0.25) is 0 Å². The predicted octanol–water partition coefficient (Wildman–Crippen LogP) is 3.01. The predicted molar refractivity (Wildman–Crippen MR) is 119 cm³/mol. The summed E-state index contributed by atoms with van der Waals surface area (Å²) in [5.74, 6) is 2.40. The molecule has 162 valence electrons. The first-order chi connectivity index (χ1) is 15.1. The Morgan fingerprint density at radius 1 is 1.29 bits per heavy atom. The van der Waals surface area contributed by atoms with E-state index in [4.69, 9.17) is 9.97 Å². The Balaban J connectivity index is 1.42. The molecule has 10 nitrogen and oxygen atoms in total. The number of aromatic amines is 1. The number of carbonyl (C=O) groups excluding carboxylic acids is 1. The highest BCUT2D eigenvalue weighted by atomic mass is 32.1. The van der Waals surface area contributed by atoms with Crippen molar-refractivity contribution in [3.8, 4) is 0 Å². The molecular weight excluding hydrogens is 414 g/mol. The Kier molecular flexibility index (Phi) is 5.26. The number of anilines is 4. The minimum Gasteiger partial charge on any atom is -0.329 e. The van der Waals surface area contributed by atoms with Crippen LogP contribution in [0.25, 0.3) is 0 Å². The monoisotopic (exact) mass is 439 g/mol. The number of carbonyl (C=O) groups is 1. The van der Waals surface area contributed by atoms with Crippen LogP contribution in [-0.2, 0) is 17.6 Å². The molecule has 11 heteroatoms. The lowest BCUT2D eigenvalue weighted by atomic mass is 10.1. The van der Waals surface area contributed by atoms with E-state index in [0.717, 1.165) is 67.2 Å². The minimum absolute atomic E-state index is 0.0956. The molecule has 3 aromatic rings. The Hall–Kier alpha value is -3.08. The van der Waals surface area contributed by atoms with Crippen LogP contribution >= 0.6 is 11.3 Å². The third-order valence-corrected chi connectivity index (χ3v) is 6.40. The highest BCUT2D eigenvalue weighted by molar-refractivity contribution is 7.13. The molecule has 0 radical (unpaired) electrons. The normalized spacial score (nSPS) is 17.9. The summed E-state index contributed by atoms with van der Waals surface area (Å²) in [5.41, 5.74) is 4.87. The summed E-state index contributed by atoms with van der Waals surface area (Å²) in [6, 6.07) is 1.69. The van der Waals surface area contributed by atoms with Crippen molar-refractivity contribution in [2.24, 2.45) is 0 Å². The molecule has 1 aliphatic carbocycles. The van der Waals surface area contributed by atoms with Crippen molar-refractivity contribution in [3.63, 3.8) is 0 Å². The van der Waals surface area contributed by atoms with E-state index in [1.165, 1.54) is 11.3 Å². The van der Waals surface area contributed by atoms with Gasteiger partial charge in [-0.05, 0) is 38.0 Å². The maximum Gasteiger partial charge on any atom is 0.249 e. The quantitative estimate of drug-likeness (QED) is 0.535. The van der Waals surface area contributed by atoms with E-state index in [1.807, 2.05) is 11.0 Å². The van der Waals surface area contributed by atoms with Gasteiger partial charge in [0.15, 0.2) is 5.82 Å². The molecule has 1 saturated heterocycles. The molecule has 2 aliphatic rings. The molecule has 0 aromatic carbocycles. The molecule has 0 bridgehead atoms. The number of hydrogen-bond donors (Lipinski definition) is 3. The summed E-state index contributed by atoms with van der Waals surface area (Å²) in [6.07, 6.45) is 4.59. The number of fused-ring (bicyclic) bond motifs is 1. The van der Waals surface area contributed by atoms with Gasteiger partial charge in [-0.1, -0.05) is 25.2 Å². The third kappa shape index (κ3) is 3.97. The second-order valence-electron chi connectivity index (χ2n) is 8.22. The molecule has 3 aromatic heterocycles. The lowest BCUT2D eigenvalue weighted by Gasteiger charge is -2.24. The number of hydrogen-bond acceptors (Lipinski definition) is 9. The minimum atomic E-state index is -0.325. The first kappa shape index (κ1) is 19.9. The number of aryl methyl sites for hydroxylation is 1. The Bertz CT molecular complexity index is 1080. The molecule has 1 atom stereocenters. The van der Waals surface area contributed by atoms with Gasteiger partial charge in [-0.2, -0.15) is 10.1 Å². The first-order valence-electron chi connectivity index (χ1n) is 10.6. The first-order valence-corrected chi connectivity index (χ1v) is 11.5. The SMILES string of the molecule is CC(C)c1cc(Nc2nc(N3CCCC3C(=O)Nc3nncs3)nc3c2CCC3)n[nH]1. The van der Waals surface area contributed by atoms with Crippen LogP contribution < -0.4 is 15.5 Å². The van der Waals surface area contributed by atoms with Gasteiger partial charge in [-0.15, -0.1) is 10.2 Å². The van der Waals surface area contributed by atoms with Gasteiger partial charge in [0.05, 0.1) is 5.69 Å². The standard InChI is InChI=1S/C20H25N9OS/c1-11(2)14-9-16(27-26-14)23-17-12-5-3-6-13(12)22-19(24-17)29-8-4-7-15(29)18(30)25-20-28-21-10-31-20/h9-11,15H,3-8H2,1-2H3,(H,25,28,30)(H2,22,23,24,26,27). The van der Waals surface area contributed by atoms with E-state index in [9.17, 15) is 4.79 Å². The zero-order valence-corrected chi connectivity index (χ0v) is 18.4. The zero-order valence-electron chi connectivity index (χ0n) is 17.6. The molecule has 3 N–H and O–H groups in total. The van der Waals surface area contributed by atoms with Gasteiger partial charge in [0.25, 0.3) is 0 Å². The van der Waals surface area contributed by atoms with Crippen molar-refractivity contribution in [1.29, 1.82) is 0 Å².